The van der Waals surface area contributed by atoms with Gasteiger partial charge in [-0.05, 0) is 30.7 Å². The van der Waals surface area contributed by atoms with Gasteiger partial charge in [-0.3, -0.25) is 4.68 Å². The zero-order valence-corrected chi connectivity index (χ0v) is 16.5. The van der Waals surface area contributed by atoms with Gasteiger partial charge < -0.3 is 9.64 Å². The maximum atomic E-state index is 14.1. The van der Waals surface area contributed by atoms with E-state index < -0.39 is 0 Å². The second-order valence-corrected chi connectivity index (χ2v) is 8.06. The Hall–Kier alpha value is -1.84. The van der Waals surface area contributed by atoms with E-state index in [0.29, 0.717) is 30.3 Å². The Morgan fingerprint density at radius 2 is 2.27 bits per heavy atom. The molecule has 4 rings (SSSR count). The molecule has 0 saturated carbocycles. The van der Waals surface area contributed by atoms with Crippen LogP contribution in [-0.2, 0) is 11.3 Å². The van der Waals surface area contributed by atoms with Crippen molar-refractivity contribution in [3.8, 4) is 10.6 Å². The first kappa shape index (κ1) is 17.6. The van der Waals surface area contributed by atoms with Crippen molar-refractivity contribution >= 4 is 32.4 Å². The summed E-state index contributed by atoms with van der Waals surface area (Å²) in [6.45, 7) is 4.77. The summed E-state index contributed by atoms with van der Waals surface area (Å²) in [7, 11) is 0. The van der Waals surface area contributed by atoms with E-state index in [4.69, 9.17) is 4.74 Å². The van der Waals surface area contributed by atoms with Crippen LogP contribution in [0.15, 0.2) is 35.1 Å². The van der Waals surface area contributed by atoms with Crippen molar-refractivity contribution in [2.75, 3.05) is 24.6 Å². The van der Waals surface area contributed by atoms with Crippen LogP contribution in [0, 0.1) is 12.7 Å². The smallest absolute Gasteiger partial charge is 0.208 e. The van der Waals surface area contributed by atoms with Crippen molar-refractivity contribution in [2.45, 2.75) is 19.6 Å². The molecule has 136 valence electrons. The zero-order valence-electron chi connectivity index (χ0n) is 14.1. The molecule has 1 aliphatic heterocycles. The summed E-state index contributed by atoms with van der Waals surface area (Å²) in [4.78, 5) is 2.14. The average molecular weight is 438 g/mol. The van der Waals surface area contributed by atoms with E-state index in [2.05, 4.69) is 36.1 Å². The van der Waals surface area contributed by atoms with Crippen LogP contribution < -0.4 is 4.90 Å². The highest BCUT2D eigenvalue weighted by atomic mass is 79.9. The third kappa shape index (κ3) is 3.79. The molecule has 9 heteroatoms. The summed E-state index contributed by atoms with van der Waals surface area (Å²) in [6.07, 6.45) is 3.86. The van der Waals surface area contributed by atoms with E-state index in [-0.39, 0.29) is 11.9 Å². The van der Waals surface area contributed by atoms with Crippen LogP contribution in [0.2, 0.25) is 0 Å². The topological polar surface area (TPSA) is 56.1 Å². The molecule has 1 aliphatic rings. The van der Waals surface area contributed by atoms with Gasteiger partial charge in [-0.1, -0.05) is 27.3 Å². The van der Waals surface area contributed by atoms with Crippen molar-refractivity contribution in [3.05, 3.63) is 46.4 Å². The van der Waals surface area contributed by atoms with E-state index in [1.807, 2.05) is 24.0 Å². The zero-order chi connectivity index (χ0) is 18.1. The number of rotatable bonds is 4. The minimum atomic E-state index is -0.301. The molecule has 3 heterocycles. The second kappa shape index (κ2) is 7.42. The van der Waals surface area contributed by atoms with Crippen LogP contribution in [0.25, 0.3) is 10.6 Å². The fourth-order valence-electron chi connectivity index (χ4n) is 2.89. The number of anilines is 1. The predicted octanol–water partition coefficient (Wildman–Crippen LogP) is 3.52. The second-order valence-electron chi connectivity index (χ2n) is 6.19. The van der Waals surface area contributed by atoms with Crippen molar-refractivity contribution < 1.29 is 9.13 Å². The van der Waals surface area contributed by atoms with Crippen LogP contribution >= 0.6 is 27.3 Å². The molecule has 0 N–H and O–H groups in total. The van der Waals surface area contributed by atoms with Gasteiger partial charge in [0.25, 0.3) is 0 Å². The maximum Gasteiger partial charge on any atom is 0.208 e. The van der Waals surface area contributed by atoms with Crippen molar-refractivity contribution in [1.29, 1.82) is 0 Å². The Kier molecular flexibility index (Phi) is 5.01. The number of aryl methyl sites for hydroxylation is 1. The van der Waals surface area contributed by atoms with E-state index in [0.717, 1.165) is 21.7 Å². The Morgan fingerprint density at radius 3 is 3.08 bits per heavy atom. The van der Waals surface area contributed by atoms with Crippen molar-refractivity contribution in [2.24, 2.45) is 0 Å². The Bertz CT molecular complexity index is 914. The van der Waals surface area contributed by atoms with Crippen LogP contribution in [0.1, 0.15) is 5.56 Å². The monoisotopic (exact) mass is 437 g/mol. The molecule has 0 radical (unpaired) electrons. The van der Waals surface area contributed by atoms with Gasteiger partial charge in [-0.25, -0.2) is 4.39 Å². The minimum Gasteiger partial charge on any atom is -0.373 e. The summed E-state index contributed by atoms with van der Waals surface area (Å²) in [5, 5.41) is 14.1. The number of morpholine rings is 1. The largest absolute Gasteiger partial charge is 0.373 e. The van der Waals surface area contributed by atoms with E-state index in [9.17, 15) is 4.39 Å². The average Bonchev–Trinajstić information content (AvgIpc) is 3.27. The van der Waals surface area contributed by atoms with Crippen LogP contribution in [0.4, 0.5) is 9.52 Å². The first-order valence-corrected chi connectivity index (χ1v) is 9.84. The summed E-state index contributed by atoms with van der Waals surface area (Å²) in [5.74, 6) is -0.301. The summed E-state index contributed by atoms with van der Waals surface area (Å²) in [5.41, 5.74) is 1.59. The standard InChI is InChI=1S/C17H17BrFN5OS/c1-11-7-20-24(8-11)10-13-9-23(4-5-25-13)17-22-21-16(26-17)14-6-12(18)2-3-15(14)19/h2-3,6-8,13H,4-5,9-10H2,1H3. The number of hydrogen-bond donors (Lipinski definition) is 0. The highest BCUT2D eigenvalue weighted by molar-refractivity contribution is 9.10. The van der Waals surface area contributed by atoms with E-state index >= 15 is 0 Å². The lowest BCUT2D eigenvalue weighted by Crippen LogP contribution is -2.44. The predicted molar refractivity (Wildman–Crippen MR) is 102 cm³/mol. The lowest BCUT2D eigenvalue weighted by atomic mass is 10.2. The molecule has 0 amide bonds. The molecule has 6 nitrogen and oxygen atoms in total. The molecule has 1 unspecified atom stereocenters. The van der Waals surface area contributed by atoms with Crippen molar-refractivity contribution in [1.82, 2.24) is 20.0 Å². The van der Waals surface area contributed by atoms with Crippen LogP contribution in [-0.4, -0.2) is 45.8 Å². The van der Waals surface area contributed by atoms with Gasteiger partial charge in [-0.15, -0.1) is 10.2 Å². The third-order valence-corrected chi connectivity index (χ3v) is 5.65. The number of halogens is 2. The van der Waals surface area contributed by atoms with Gasteiger partial charge in [0, 0.05) is 29.3 Å². The molecule has 1 saturated heterocycles. The molecule has 1 aromatic carbocycles. The fourth-order valence-corrected chi connectivity index (χ4v) is 4.15. The molecular formula is C17H17BrFN5OS. The van der Waals surface area contributed by atoms with Gasteiger partial charge in [0.2, 0.25) is 5.13 Å². The number of benzene rings is 1. The lowest BCUT2D eigenvalue weighted by Gasteiger charge is -2.32. The summed E-state index contributed by atoms with van der Waals surface area (Å²) >= 11 is 4.77. The Morgan fingerprint density at radius 1 is 1.38 bits per heavy atom. The molecule has 0 bridgehead atoms. The summed E-state index contributed by atoms with van der Waals surface area (Å²) < 4.78 is 22.7. The SMILES string of the molecule is Cc1cnn(CC2CN(c3nnc(-c4cc(Br)ccc4F)s3)CCO2)c1. The molecule has 1 fully saturated rings. The summed E-state index contributed by atoms with van der Waals surface area (Å²) in [6, 6.07) is 4.82. The lowest BCUT2D eigenvalue weighted by molar-refractivity contribution is 0.0274. The van der Waals surface area contributed by atoms with Crippen LogP contribution in [0.3, 0.4) is 0 Å². The third-order valence-electron chi connectivity index (χ3n) is 4.14. The minimum absolute atomic E-state index is 0.0259. The number of aromatic nitrogens is 4. The first-order valence-electron chi connectivity index (χ1n) is 8.23. The van der Waals surface area contributed by atoms with Gasteiger partial charge in [-0.2, -0.15) is 5.10 Å². The number of nitrogens with zero attached hydrogens (tertiary/aromatic N) is 5. The molecule has 1 atom stereocenters. The highest BCUT2D eigenvalue weighted by Crippen LogP contribution is 2.32. The van der Waals surface area contributed by atoms with Crippen molar-refractivity contribution in [3.63, 3.8) is 0 Å². The Balaban J connectivity index is 1.49. The fraction of sp³-hybridized carbons (Fsp3) is 0.353. The molecule has 26 heavy (non-hydrogen) atoms. The number of ether oxygens (including phenoxy) is 1. The first-order chi connectivity index (χ1) is 12.6. The maximum absolute atomic E-state index is 14.1. The van der Waals surface area contributed by atoms with Gasteiger partial charge in [0.15, 0.2) is 5.01 Å². The molecule has 3 aromatic rings. The van der Waals surface area contributed by atoms with Gasteiger partial charge in [0.05, 0.1) is 25.5 Å². The van der Waals surface area contributed by atoms with E-state index in [1.54, 1.807) is 12.1 Å². The normalized spacial score (nSPS) is 17.7. The molecule has 0 aliphatic carbocycles. The van der Waals surface area contributed by atoms with Gasteiger partial charge in [0.1, 0.15) is 5.82 Å². The highest BCUT2D eigenvalue weighted by Gasteiger charge is 2.24. The molecule has 2 aromatic heterocycles. The number of hydrogen-bond acceptors (Lipinski definition) is 6. The van der Waals surface area contributed by atoms with E-state index in [1.165, 1.54) is 17.4 Å². The Labute approximate surface area is 162 Å². The molecular weight excluding hydrogens is 421 g/mol. The van der Waals surface area contributed by atoms with Gasteiger partial charge >= 0.3 is 0 Å². The quantitative estimate of drug-likeness (QED) is 0.624. The molecule has 0 spiro atoms. The van der Waals surface area contributed by atoms with Crippen LogP contribution in [0.5, 0.6) is 0 Å².